The molecule has 104 valence electrons. The van der Waals surface area contributed by atoms with Gasteiger partial charge in [-0.2, -0.15) is 0 Å². The zero-order valence-electron chi connectivity index (χ0n) is 11.6. The minimum Gasteiger partial charge on any atom is -0.377 e. The van der Waals surface area contributed by atoms with Gasteiger partial charge in [-0.05, 0) is 19.3 Å². The molecule has 1 fully saturated rings. The van der Waals surface area contributed by atoms with Gasteiger partial charge in [-0.25, -0.2) is 9.97 Å². The van der Waals surface area contributed by atoms with Crippen molar-refractivity contribution in [2.24, 2.45) is 5.92 Å². The Kier molecular flexibility index (Phi) is 4.85. The molecule has 2 atom stereocenters. The Labute approximate surface area is 113 Å². The van der Waals surface area contributed by atoms with Gasteiger partial charge < -0.3 is 10.1 Å². The summed E-state index contributed by atoms with van der Waals surface area (Å²) in [6, 6.07) is 0. The summed E-state index contributed by atoms with van der Waals surface area (Å²) in [7, 11) is 0. The molecule has 0 aromatic carbocycles. The van der Waals surface area contributed by atoms with E-state index in [2.05, 4.69) is 22.2 Å². The number of amides is 1. The van der Waals surface area contributed by atoms with Crippen LogP contribution in [-0.4, -0.2) is 28.6 Å². The van der Waals surface area contributed by atoms with Crippen LogP contribution in [0.2, 0.25) is 0 Å². The lowest BCUT2D eigenvalue weighted by Crippen LogP contribution is -2.37. The molecule has 5 heteroatoms. The van der Waals surface area contributed by atoms with E-state index in [4.69, 9.17) is 4.74 Å². The second-order valence-electron chi connectivity index (χ2n) is 4.80. The normalized spacial score (nSPS) is 23.1. The highest BCUT2D eigenvalue weighted by molar-refractivity contribution is 5.92. The molecule has 1 saturated heterocycles. The topological polar surface area (TPSA) is 64.1 Å². The average Bonchev–Trinajstić information content (AvgIpc) is 2.48. The van der Waals surface area contributed by atoms with E-state index in [0.29, 0.717) is 5.69 Å². The predicted octanol–water partition coefficient (Wildman–Crippen LogP) is 2.18. The molecule has 19 heavy (non-hydrogen) atoms. The summed E-state index contributed by atoms with van der Waals surface area (Å²) >= 11 is 0. The van der Waals surface area contributed by atoms with Crippen molar-refractivity contribution >= 4 is 11.6 Å². The SMILES string of the molecule is CCc1ncc(NC(=O)C2CCCOC2CC)cn1. The summed E-state index contributed by atoms with van der Waals surface area (Å²) in [5.74, 6) is 0.731. The van der Waals surface area contributed by atoms with Crippen molar-refractivity contribution in [1.82, 2.24) is 9.97 Å². The smallest absolute Gasteiger partial charge is 0.230 e. The van der Waals surface area contributed by atoms with E-state index >= 15 is 0 Å². The standard InChI is InChI=1S/C14H21N3O2/c1-3-12-11(6-5-7-19-12)14(18)17-10-8-15-13(4-2)16-9-10/h8-9,11-12H,3-7H2,1-2H3,(H,17,18). The number of rotatable bonds is 4. The molecule has 0 radical (unpaired) electrons. The average molecular weight is 263 g/mol. The molecule has 5 nitrogen and oxygen atoms in total. The van der Waals surface area contributed by atoms with Crippen molar-refractivity contribution in [3.05, 3.63) is 18.2 Å². The van der Waals surface area contributed by atoms with Gasteiger partial charge in [0.2, 0.25) is 5.91 Å². The van der Waals surface area contributed by atoms with Crippen LogP contribution >= 0.6 is 0 Å². The molecular formula is C14H21N3O2. The summed E-state index contributed by atoms with van der Waals surface area (Å²) in [5, 5.41) is 2.88. The molecule has 2 rings (SSSR count). The first kappa shape index (κ1) is 13.9. The van der Waals surface area contributed by atoms with Gasteiger partial charge in [0.15, 0.2) is 0 Å². The van der Waals surface area contributed by atoms with Crippen molar-refractivity contribution in [1.29, 1.82) is 0 Å². The van der Waals surface area contributed by atoms with E-state index in [9.17, 15) is 4.79 Å². The van der Waals surface area contributed by atoms with Crippen LogP contribution in [0.4, 0.5) is 5.69 Å². The first-order valence-electron chi connectivity index (χ1n) is 6.98. The number of anilines is 1. The maximum absolute atomic E-state index is 12.2. The summed E-state index contributed by atoms with van der Waals surface area (Å²) in [6.07, 6.45) is 6.84. The van der Waals surface area contributed by atoms with Crippen molar-refractivity contribution in [3.63, 3.8) is 0 Å². The van der Waals surface area contributed by atoms with Gasteiger partial charge in [-0.15, -0.1) is 0 Å². The van der Waals surface area contributed by atoms with Crippen LogP contribution < -0.4 is 5.32 Å². The van der Waals surface area contributed by atoms with Crippen molar-refractivity contribution < 1.29 is 9.53 Å². The number of aromatic nitrogens is 2. The van der Waals surface area contributed by atoms with E-state index < -0.39 is 0 Å². The van der Waals surface area contributed by atoms with Crippen LogP contribution in [0.5, 0.6) is 0 Å². The third-order valence-electron chi connectivity index (χ3n) is 3.47. The molecule has 0 bridgehead atoms. The molecule has 0 aliphatic carbocycles. The summed E-state index contributed by atoms with van der Waals surface area (Å²) in [5.41, 5.74) is 0.655. The van der Waals surface area contributed by atoms with Gasteiger partial charge in [0.05, 0.1) is 30.1 Å². The Balaban J connectivity index is 1.98. The number of nitrogens with one attached hydrogen (secondary N) is 1. The number of carbonyl (C=O) groups is 1. The molecule has 2 heterocycles. The van der Waals surface area contributed by atoms with E-state index in [1.54, 1.807) is 12.4 Å². The predicted molar refractivity (Wildman–Crippen MR) is 72.8 cm³/mol. The Bertz CT molecular complexity index is 419. The number of nitrogens with zero attached hydrogens (tertiary/aromatic N) is 2. The van der Waals surface area contributed by atoms with Crippen LogP contribution in [-0.2, 0) is 16.0 Å². The Morgan fingerprint density at radius 3 is 2.79 bits per heavy atom. The Hall–Kier alpha value is -1.49. The molecule has 1 aliphatic heterocycles. The van der Waals surface area contributed by atoms with E-state index in [1.165, 1.54) is 0 Å². The van der Waals surface area contributed by atoms with Crippen LogP contribution in [0.1, 0.15) is 38.9 Å². The van der Waals surface area contributed by atoms with Crippen molar-refractivity contribution in [2.45, 2.75) is 45.6 Å². The van der Waals surface area contributed by atoms with Crippen LogP contribution in [0.25, 0.3) is 0 Å². The van der Waals surface area contributed by atoms with E-state index in [1.807, 2.05) is 6.92 Å². The molecular weight excluding hydrogens is 242 g/mol. The van der Waals surface area contributed by atoms with E-state index in [0.717, 1.165) is 38.1 Å². The summed E-state index contributed by atoms with van der Waals surface area (Å²) in [6.45, 7) is 4.81. The highest BCUT2D eigenvalue weighted by atomic mass is 16.5. The number of carbonyl (C=O) groups excluding carboxylic acids is 1. The largest absolute Gasteiger partial charge is 0.377 e. The lowest BCUT2D eigenvalue weighted by Gasteiger charge is -2.29. The zero-order valence-corrected chi connectivity index (χ0v) is 11.6. The lowest BCUT2D eigenvalue weighted by atomic mass is 9.92. The fourth-order valence-electron chi connectivity index (χ4n) is 2.38. The fraction of sp³-hybridized carbons (Fsp3) is 0.643. The zero-order chi connectivity index (χ0) is 13.7. The van der Waals surface area contributed by atoms with Crippen molar-refractivity contribution in [2.75, 3.05) is 11.9 Å². The third kappa shape index (κ3) is 3.50. The first-order valence-corrected chi connectivity index (χ1v) is 6.98. The number of hydrogen-bond donors (Lipinski definition) is 1. The maximum atomic E-state index is 12.2. The number of hydrogen-bond acceptors (Lipinski definition) is 4. The maximum Gasteiger partial charge on any atom is 0.230 e. The lowest BCUT2D eigenvalue weighted by molar-refractivity contribution is -0.129. The van der Waals surface area contributed by atoms with Gasteiger partial charge in [-0.3, -0.25) is 4.79 Å². The Morgan fingerprint density at radius 2 is 2.16 bits per heavy atom. The number of aryl methyl sites for hydroxylation is 1. The molecule has 1 aromatic rings. The second-order valence-corrected chi connectivity index (χ2v) is 4.80. The highest BCUT2D eigenvalue weighted by Gasteiger charge is 2.30. The molecule has 1 aliphatic rings. The Morgan fingerprint density at radius 1 is 1.42 bits per heavy atom. The van der Waals surface area contributed by atoms with Gasteiger partial charge in [0.1, 0.15) is 5.82 Å². The minimum atomic E-state index is -0.0652. The van der Waals surface area contributed by atoms with Crippen LogP contribution in [0.3, 0.4) is 0 Å². The molecule has 2 unspecified atom stereocenters. The molecule has 0 spiro atoms. The fourth-order valence-corrected chi connectivity index (χ4v) is 2.38. The number of ether oxygens (including phenoxy) is 1. The summed E-state index contributed by atoms with van der Waals surface area (Å²) < 4.78 is 5.64. The van der Waals surface area contributed by atoms with Crippen LogP contribution in [0, 0.1) is 5.92 Å². The van der Waals surface area contributed by atoms with Gasteiger partial charge >= 0.3 is 0 Å². The van der Waals surface area contributed by atoms with Gasteiger partial charge in [0.25, 0.3) is 0 Å². The highest BCUT2D eigenvalue weighted by Crippen LogP contribution is 2.24. The monoisotopic (exact) mass is 263 g/mol. The quantitative estimate of drug-likeness (QED) is 0.904. The van der Waals surface area contributed by atoms with Gasteiger partial charge in [-0.1, -0.05) is 13.8 Å². The summed E-state index contributed by atoms with van der Waals surface area (Å²) in [4.78, 5) is 20.6. The van der Waals surface area contributed by atoms with Gasteiger partial charge in [0, 0.05) is 13.0 Å². The van der Waals surface area contributed by atoms with Crippen molar-refractivity contribution in [3.8, 4) is 0 Å². The molecule has 1 N–H and O–H groups in total. The first-order chi connectivity index (χ1) is 9.24. The molecule has 0 saturated carbocycles. The minimum absolute atomic E-state index is 0.0133. The second kappa shape index (κ2) is 6.61. The molecule has 1 aromatic heterocycles. The van der Waals surface area contributed by atoms with Crippen LogP contribution in [0.15, 0.2) is 12.4 Å². The van der Waals surface area contributed by atoms with E-state index in [-0.39, 0.29) is 17.9 Å². The third-order valence-corrected chi connectivity index (χ3v) is 3.47. The molecule has 1 amide bonds.